The Morgan fingerprint density at radius 2 is 2.07 bits per heavy atom. The van der Waals surface area contributed by atoms with Crippen LogP contribution in [0.15, 0.2) is 53.5 Å². The van der Waals surface area contributed by atoms with Crippen molar-refractivity contribution in [2.45, 2.75) is 12.5 Å². The third-order valence-corrected chi connectivity index (χ3v) is 5.52. The van der Waals surface area contributed by atoms with Gasteiger partial charge in [0.1, 0.15) is 5.75 Å². The molecule has 2 aromatic rings. The van der Waals surface area contributed by atoms with E-state index in [4.69, 9.17) is 16.3 Å². The van der Waals surface area contributed by atoms with Gasteiger partial charge in [0.2, 0.25) is 5.91 Å². The molecular formula is C19H21Cl2N3O2S. The number of hydrogen-bond donors (Lipinski definition) is 1. The quantitative estimate of drug-likeness (QED) is 0.744. The van der Waals surface area contributed by atoms with Gasteiger partial charge in [-0.1, -0.05) is 29.4 Å². The first-order valence-electron chi connectivity index (χ1n) is 8.19. The number of anilines is 1. The Morgan fingerprint density at radius 1 is 1.33 bits per heavy atom. The van der Waals surface area contributed by atoms with Crippen molar-refractivity contribution in [3.05, 3.63) is 53.6 Å². The molecule has 1 aliphatic heterocycles. The van der Waals surface area contributed by atoms with Crippen LogP contribution in [0.25, 0.3) is 0 Å². The normalized spacial score (nSPS) is 17.5. The first kappa shape index (κ1) is 21.4. The summed E-state index contributed by atoms with van der Waals surface area (Å²) in [6.45, 7) is 0. The number of thioether (sulfide) groups is 1. The molecule has 0 bridgehead atoms. The molecule has 1 saturated heterocycles. The smallest absolute Gasteiger partial charge is 0.226 e. The van der Waals surface area contributed by atoms with Crippen LogP contribution in [-0.4, -0.2) is 41.9 Å². The second-order valence-corrected chi connectivity index (χ2v) is 7.35. The molecular weight excluding hydrogens is 405 g/mol. The zero-order valence-corrected chi connectivity index (χ0v) is 17.4. The number of aliphatic imine (C=N–C) groups is 1. The fourth-order valence-corrected chi connectivity index (χ4v) is 3.93. The number of carbonyl (C=O) groups excluding carboxylic acids is 1. The molecule has 1 unspecified atom stereocenters. The predicted octanol–water partition coefficient (Wildman–Crippen LogP) is 4.83. The van der Waals surface area contributed by atoms with E-state index < -0.39 is 0 Å². The van der Waals surface area contributed by atoms with Gasteiger partial charge in [-0.05, 0) is 36.4 Å². The second-order valence-electron chi connectivity index (χ2n) is 5.93. The number of hydrogen-bond acceptors (Lipinski definition) is 4. The van der Waals surface area contributed by atoms with Crippen LogP contribution in [0.1, 0.15) is 6.42 Å². The van der Waals surface area contributed by atoms with E-state index in [1.807, 2.05) is 31.3 Å². The van der Waals surface area contributed by atoms with Gasteiger partial charge in [0, 0.05) is 42.0 Å². The monoisotopic (exact) mass is 425 g/mol. The van der Waals surface area contributed by atoms with E-state index in [1.165, 1.54) is 0 Å². The van der Waals surface area contributed by atoms with Crippen molar-refractivity contribution in [1.82, 2.24) is 4.90 Å². The lowest BCUT2D eigenvalue weighted by molar-refractivity contribution is -0.116. The van der Waals surface area contributed by atoms with Crippen molar-refractivity contribution in [3.63, 3.8) is 0 Å². The van der Waals surface area contributed by atoms with E-state index in [2.05, 4.69) is 15.2 Å². The number of amidine groups is 1. The fraction of sp³-hybridized carbons (Fsp3) is 0.263. The van der Waals surface area contributed by atoms with E-state index in [-0.39, 0.29) is 24.4 Å². The van der Waals surface area contributed by atoms with Crippen LogP contribution in [0.4, 0.5) is 11.4 Å². The van der Waals surface area contributed by atoms with Crippen LogP contribution in [-0.2, 0) is 4.79 Å². The summed E-state index contributed by atoms with van der Waals surface area (Å²) in [6.07, 6.45) is 0.406. The SMILES string of the molecule is COc1cccc(N=C2SCC(CC(=O)Nc3ccc(Cl)cc3)N2C)c1.Cl. The molecule has 0 aliphatic carbocycles. The number of halogens is 2. The predicted molar refractivity (Wildman–Crippen MR) is 116 cm³/mol. The summed E-state index contributed by atoms with van der Waals surface area (Å²) in [6, 6.07) is 14.8. The number of nitrogens with zero attached hydrogens (tertiary/aromatic N) is 2. The molecule has 1 atom stereocenters. The molecule has 2 aromatic carbocycles. The van der Waals surface area contributed by atoms with Crippen LogP contribution >= 0.6 is 35.8 Å². The third-order valence-electron chi connectivity index (χ3n) is 4.08. The molecule has 0 saturated carbocycles. The number of benzene rings is 2. The van der Waals surface area contributed by atoms with Gasteiger partial charge in [0.25, 0.3) is 0 Å². The number of amides is 1. The summed E-state index contributed by atoms with van der Waals surface area (Å²) in [4.78, 5) is 19.1. The maximum absolute atomic E-state index is 12.3. The molecule has 8 heteroatoms. The molecule has 0 spiro atoms. The standard InChI is InChI=1S/C19H20ClN3O2S.ClH/c1-23-16(11-18(24)21-14-8-6-13(20)7-9-14)12-26-19(23)22-15-4-3-5-17(10-15)25-2;/h3-10,16H,11-12H2,1-2H3,(H,21,24);1H. The average Bonchev–Trinajstić information content (AvgIpc) is 2.97. The van der Waals surface area contributed by atoms with Crippen LogP contribution < -0.4 is 10.1 Å². The summed E-state index contributed by atoms with van der Waals surface area (Å²) in [5.41, 5.74) is 1.59. The zero-order chi connectivity index (χ0) is 18.5. The Morgan fingerprint density at radius 3 is 2.78 bits per heavy atom. The molecule has 1 fully saturated rings. The van der Waals surface area contributed by atoms with Crippen molar-refractivity contribution in [3.8, 4) is 5.75 Å². The Balaban J connectivity index is 0.00000261. The molecule has 0 aromatic heterocycles. The minimum absolute atomic E-state index is 0. The van der Waals surface area contributed by atoms with Gasteiger partial charge in [-0.3, -0.25) is 4.79 Å². The van der Waals surface area contributed by atoms with Crippen molar-refractivity contribution < 1.29 is 9.53 Å². The average molecular weight is 426 g/mol. The van der Waals surface area contributed by atoms with Crippen LogP contribution in [0, 0.1) is 0 Å². The van der Waals surface area contributed by atoms with Crippen molar-refractivity contribution in [2.75, 3.05) is 25.2 Å². The molecule has 5 nitrogen and oxygen atoms in total. The Hall–Kier alpha value is -1.89. The first-order chi connectivity index (χ1) is 12.5. The van der Waals surface area contributed by atoms with Crippen LogP contribution in [0.3, 0.4) is 0 Å². The highest BCUT2D eigenvalue weighted by Gasteiger charge is 2.29. The topological polar surface area (TPSA) is 53.9 Å². The van der Waals surface area contributed by atoms with E-state index in [0.29, 0.717) is 11.4 Å². The molecule has 144 valence electrons. The molecule has 3 rings (SSSR count). The summed E-state index contributed by atoms with van der Waals surface area (Å²) in [5.74, 6) is 1.58. The van der Waals surface area contributed by atoms with Gasteiger partial charge >= 0.3 is 0 Å². The number of carbonyl (C=O) groups is 1. The van der Waals surface area contributed by atoms with Gasteiger partial charge in [0.15, 0.2) is 5.17 Å². The molecule has 1 heterocycles. The van der Waals surface area contributed by atoms with Crippen molar-refractivity contribution in [1.29, 1.82) is 0 Å². The van der Waals surface area contributed by atoms with Crippen LogP contribution in [0.2, 0.25) is 5.02 Å². The van der Waals surface area contributed by atoms with Crippen LogP contribution in [0.5, 0.6) is 5.75 Å². The minimum atomic E-state index is -0.0209. The molecule has 27 heavy (non-hydrogen) atoms. The Labute approximate surface area is 174 Å². The van der Waals surface area contributed by atoms with Crippen molar-refractivity contribution in [2.24, 2.45) is 4.99 Å². The Bertz CT molecular complexity index is 815. The van der Waals surface area contributed by atoms with Gasteiger partial charge in [-0.15, -0.1) is 12.4 Å². The first-order valence-corrected chi connectivity index (χ1v) is 9.55. The minimum Gasteiger partial charge on any atom is -0.497 e. The summed E-state index contributed by atoms with van der Waals surface area (Å²) in [7, 11) is 3.61. The molecule has 1 N–H and O–H groups in total. The maximum Gasteiger partial charge on any atom is 0.226 e. The zero-order valence-electron chi connectivity index (χ0n) is 15.0. The number of rotatable bonds is 5. The lowest BCUT2D eigenvalue weighted by atomic mass is 10.2. The number of methoxy groups -OCH3 is 1. The number of nitrogens with one attached hydrogen (secondary N) is 1. The van der Waals surface area contributed by atoms with Gasteiger partial charge < -0.3 is 15.0 Å². The van der Waals surface area contributed by atoms with Gasteiger partial charge in [0.05, 0.1) is 12.8 Å². The second kappa shape index (κ2) is 9.88. The van der Waals surface area contributed by atoms with Gasteiger partial charge in [-0.25, -0.2) is 4.99 Å². The lowest BCUT2D eigenvalue weighted by Crippen LogP contribution is -2.33. The van der Waals surface area contributed by atoms with E-state index >= 15 is 0 Å². The molecule has 1 amide bonds. The van der Waals surface area contributed by atoms with Gasteiger partial charge in [-0.2, -0.15) is 0 Å². The molecule has 0 radical (unpaired) electrons. The summed E-state index contributed by atoms with van der Waals surface area (Å²) in [5, 5.41) is 4.46. The summed E-state index contributed by atoms with van der Waals surface area (Å²) < 4.78 is 5.23. The fourth-order valence-electron chi connectivity index (χ4n) is 2.60. The Kier molecular flexibility index (Phi) is 7.83. The summed E-state index contributed by atoms with van der Waals surface area (Å²) >= 11 is 7.52. The van der Waals surface area contributed by atoms with E-state index in [9.17, 15) is 4.79 Å². The molecule has 1 aliphatic rings. The lowest BCUT2D eigenvalue weighted by Gasteiger charge is -2.20. The van der Waals surface area contributed by atoms with E-state index in [0.717, 1.165) is 28.0 Å². The third kappa shape index (κ3) is 5.79. The highest BCUT2D eigenvalue weighted by atomic mass is 35.5. The van der Waals surface area contributed by atoms with Crippen molar-refractivity contribution >= 4 is 58.2 Å². The largest absolute Gasteiger partial charge is 0.497 e. The highest BCUT2D eigenvalue weighted by molar-refractivity contribution is 8.14. The number of ether oxygens (including phenoxy) is 1. The highest BCUT2D eigenvalue weighted by Crippen LogP contribution is 2.29. The van der Waals surface area contributed by atoms with E-state index in [1.54, 1.807) is 43.1 Å². The maximum atomic E-state index is 12.3.